The monoisotopic (exact) mass is 598 g/mol. The van der Waals surface area contributed by atoms with Gasteiger partial charge in [0, 0.05) is 6.07 Å². The number of amides is 2. The van der Waals surface area contributed by atoms with E-state index in [0.29, 0.717) is 22.3 Å². The zero-order valence-corrected chi connectivity index (χ0v) is 23.2. The van der Waals surface area contributed by atoms with E-state index in [1.165, 1.54) is 36.4 Å². The Kier molecular flexibility index (Phi) is 5.80. The number of hydrogen-bond donors (Lipinski definition) is 0. The number of nitro benzene ring substituents is 1. The highest BCUT2D eigenvalue weighted by molar-refractivity contribution is 6.38. The molecule has 2 bridgehead atoms. The summed E-state index contributed by atoms with van der Waals surface area (Å²) in [6.07, 6.45) is 0. The minimum Gasteiger partial charge on any atom is -0.457 e. The Morgan fingerprint density at radius 3 is 1.81 bits per heavy atom. The zero-order chi connectivity index (χ0) is 29.4. The number of carbonyl (C=O) groups excluding carboxylic acids is 3. The molecule has 0 N–H and O–H groups in total. The van der Waals surface area contributed by atoms with Gasteiger partial charge in [-0.25, -0.2) is 9.69 Å². The summed E-state index contributed by atoms with van der Waals surface area (Å²) in [6.45, 7) is -0.327. The van der Waals surface area contributed by atoms with Crippen molar-refractivity contribution in [2.75, 3.05) is 4.90 Å². The van der Waals surface area contributed by atoms with Crippen molar-refractivity contribution in [1.29, 1.82) is 0 Å². The average molecular weight is 599 g/mol. The minimum absolute atomic E-state index is 0.0669. The lowest BCUT2D eigenvalue weighted by Crippen LogP contribution is -2.57. The number of para-hydroxylation sites is 1. The van der Waals surface area contributed by atoms with E-state index in [1.54, 1.807) is 12.1 Å². The van der Waals surface area contributed by atoms with E-state index in [9.17, 15) is 24.5 Å². The van der Waals surface area contributed by atoms with Crippen LogP contribution in [0.2, 0.25) is 0 Å². The van der Waals surface area contributed by atoms with Gasteiger partial charge < -0.3 is 4.74 Å². The largest absolute Gasteiger partial charge is 0.457 e. The van der Waals surface area contributed by atoms with Crippen LogP contribution < -0.4 is 4.90 Å². The number of ether oxygens (including phenoxy) is 1. The van der Waals surface area contributed by atoms with E-state index < -0.39 is 44.3 Å². The number of nitrogens with zero attached hydrogens (tertiary/aromatic N) is 2. The molecular weight excluding hydrogens is 579 g/mol. The fraction of sp³-hybridized carbons (Fsp3) is 0.156. The molecular formula is C32H20Cl2N2O6. The maximum atomic E-state index is 14.2. The molecule has 10 heteroatoms. The molecule has 3 aliphatic carbocycles. The summed E-state index contributed by atoms with van der Waals surface area (Å²) < 4.78 is 5.36. The summed E-state index contributed by atoms with van der Waals surface area (Å²) in [5.74, 6) is -3.76. The highest BCUT2D eigenvalue weighted by atomic mass is 35.5. The summed E-state index contributed by atoms with van der Waals surface area (Å²) in [5, 5.41) is 11.3. The Morgan fingerprint density at radius 2 is 1.29 bits per heavy atom. The quantitative estimate of drug-likeness (QED) is 0.0910. The van der Waals surface area contributed by atoms with Crippen LogP contribution in [-0.4, -0.2) is 22.7 Å². The molecule has 0 radical (unpaired) electrons. The van der Waals surface area contributed by atoms with E-state index in [1.807, 2.05) is 48.5 Å². The molecule has 1 saturated heterocycles. The Bertz CT molecular complexity index is 1730. The van der Waals surface area contributed by atoms with Gasteiger partial charge in [-0.05, 0) is 46.5 Å². The number of carbonyl (C=O) groups is 3. The lowest BCUT2D eigenvalue weighted by atomic mass is 9.54. The lowest BCUT2D eigenvalue weighted by Gasteiger charge is -2.54. The molecule has 1 aliphatic heterocycles. The van der Waals surface area contributed by atoms with Crippen LogP contribution in [0.3, 0.4) is 0 Å². The molecule has 0 unspecified atom stereocenters. The number of anilines is 1. The highest BCUT2D eigenvalue weighted by Crippen LogP contribution is 2.69. The van der Waals surface area contributed by atoms with Crippen LogP contribution in [0.1, 0.15) is 38.2 Å². The van der Waals surface area contributed by atoms with Gasteiger partial charge in [0.1, 0.15) is 16.4 Å². The van der Waals surface area contributed by atoms with Crippen molar-refractivity contribution in [1.82, 2.24) is 0 Å². The van der Waals surface area contributed by atoms with E-state index in [0.717, 1.165) is 4.90 Å². The van der Waals surface area contributed by atoms with Gasteiger partial charge in [-0.15, -0.1) is 23.2 Å². The fourth-order valence-electron chi connectivity index (χ4n) is 6.73. The first kappa shape index (κ1) is 26.4. The molecule has 8 rings (SSSR count). The number of rotatable bonds is 5. The molecule has 8 nitrogen and oxygen atoms in total. The molecule has 208 valence electrons. The molecule has 2 amide bonds. The van der Waals surface area contributed by atoms with Gasteiger partial charge in [0.05, 0.1) is 33.6 Å². The van der Waals surface area contributed by atoms with Crippen molar-refractivity contribution >= 4 is 52.4 Å². The number of halogens is 2. The predicted molar refractivity (Wildman–Crippen MR) is 154 cm³/mol. The number of esters is 1. The first-order chi connectivity index (χ1) is 20.2. The molecule has 0 saturated carbocycles. The second kappa shape index (κ2) is 9.24. The van der Waals surface area contributed by atoms with E-state index >= 15 is 0 Å². The van der Waals surface area contributed by atoms with Crippen LogP contribution in [0.25, 0.3) is 0 Å². The second-order valence-electron chi connectivity index (χ2n) is 10.5. The first-order valence-corrected chi connectivity index (χ1v) is 13.9. The Morgan fingerprint density at radius 1 is 0.786 bits per heavy atom. The van der Waals surface area contributed by atoms with Crippen LogP contribution in [0, 0.1) is 22.0 Å². The van der Waals surface area contributed by atoms with Gasteiger partial charge in [0.2, 0.25) is 11.8 Å². The fourth-order valence-corrected chi connectivity index (χ4v) is 7.83. The maximum absolute atomic E-state index is 14.2. The number of alkyl halides is 2. The number of imide groups is 1. The molecule has 4 aromatic carbocycles. The number of hydrogen-bond acceptors (Lipinski definition) is 6. The Labute approximate surface area is 249 Å². The molecule has 42 heavy (non-hydrogen) atoms. The van der Waals surface area contributed by atoms with E-state index in [2.05, 4.69) is 0 Å². The molecule has 1 fully saturated rings. The van der Waals surface area contributed by atoms with Gasteiger partial charge in [-0.1, -0.05) is 66.7 Å². The Balaban J connectivity index is 1.25. The summed E-state index contributed by atoms with van der Waals surface area (Å²) in [6, 6.07) is 26.6. The first-order valence-electron chi connectivity index (χ1n) is 13.1. The topological polar surface area (TPSA) is 107 Å². The maximum Gasteiger partial charge on any atom is 0.338 e. The van der Waals surface area contributed by atoms with Crippen molar-refractivity contribution in [3.8, 4) is 0 Å². The van der Waals surface area contributed by atoms with Crippen molar-refractivity contribution in [3.05, 3.63) is 141 Å². The molecule has 2 atom stereocenters. The van der Waals surface area contributed by atoms with Crippen LogP contribution >= 0.6 is 23.2 Å². The normalized spacial score (nSPS) is 25.0. The summed E-state index contributed by atoms with van der Waals surface area (Å²) >= 11 is 14.9. The van der Waals surface area contributed by atoms with Crippen LogP contribution in [-0.2, 0) is 30.7 Å². The summed E-state index contributed by atoms with van der Waals surface area (Å²) in [7, 11) is 0. The van der Waals surface area contributed by atoms with Gasteiger partial charge >= 0.3 is 5.97 Å². The van der Waals surface area contributed by atoms with Crippen LogP contribution in [0.5, 0.6) is 0 Å². The smallest absolute Gasteiger partial charge is 0.338 e. The number of nitro groups is 1. The molecule has 0 spiro atoms. The predicted octanol–water partition coefficient (Wildman–Crippen LogP) is 6.05. The minimum atomic E-state index is -1.32. The van der Waals surface area contributed by atoms with Crippen molar-refractivity contribution in [2.24, 2.45) is 11.8 Å². The molecule has 4 aromatic rings. The number of benzene rings is 4. The SMILES string of the molecule is O=C(OCc1ccccc1[N+](=O)[O-])c1cccc(N2C(=O)[C@H]3[C@H](C2=O)C2(Cl)c4ccccc4C3(Cl)c3ccccc32)c1. The summed E-state index contributed by atoms with van der Waals surface area (Å²) in [4.78, 5) is 50.5. The van der Waals surface area contributed by atoms with Crippen LogP contribution in [0.4, 0.5) is 11.4 Å². The van der Waals surface area contributed by atoms with Gasteiger partial charge in [-0.3, -0.25) is 19.7 Å². The molecule has 4 aliphatic rings. The van der Waals surface area contributed by atoms with Crippen molar-refractivity contribution in [3.63, 3.8) is 0 Å². The van der Waals surface area contributed by atoms with Crippen LogP contribution in [0.15, 0.2) is 97.1 Å². The zero-order valence-electron chi connectivity index (χ0n) is 21.7. The summed E-state index contributed by atoms with van der Waals surface area (Å²) in [5.41, 5.74) is 3.07. The second-order valence-corrected chi connectivity index (χ2v) is 11.7. The molecule has 0 aromatic heterocycles. The van der Waals surface area contributed by atoms with Gasteiger partial charge in [0.15, 0.2) is 0 Å². The highest BCUT2D eigenvalue weighted by Gasteiger charge is 2.73. The molecule has 1 heterocycles. The Hall–Kier alpha value is -4.53. The average Bonchev–Trinajstić information content (AvgIpc) is 3.29. The van der Waals surface area contributed by atoms with Gasteiger partial charge in [-0.2, -0.15) is 0 Å². The van der Waals surface area contributed by atoms with Crippen molar-refractivity contribution in [2.45, 2.75) is 16.4 Å². The standard InChI is InChI=1S/C32H20Cl2N2O6/c33-31-21-11-2-3-12-22(21)32(34,24-14-5-4-13-23(24)31)27-26(31)28(37)35(29(27)38)20-10-7-9-18(16-20)30(39)42-17-19-8-1-6-15-25(19)36(40)41/h1-16,26-27H,17H2/t26-,27-,31?,32?/m1/s1. The van der Waals surface area contributed by atoms with Gasteiger partial charge in [0.25, 0.3) is 5.69 Å². The third-order valence-electron chi connectivity index (χ3n) is 8.47. The van der Waals surface area contributed by atoms with E-state index in [-0.39, 0.29) is 29.1 Å². The third-order valence-corrected chi connectivity index (χ3v) is 9.76. The third kappa shape index (κ3) is 3.39. The lowest BCUT2D eigenvalue weighted by molar-refractivity contribution is -0.385. The van der Waals surface area contributed by atoms with Crippen molar-refractivity contribution < 1.29 is 24.0 Å². The van der Waals surface area contributed by atoms with E-state index in [4.69, 9.17) is 27.9 Å².